The molecule has 0 saturated heterocycles. The summed E-state index contributed by atoms with van der Waals surface area (Å²) in [5.41, 5.74) is 4.66. The van der Waals surface area contributed by atoms with Crippen molar-refractivity contribution in [2.45, 2.75) is 94.7 Å². The highest BCUT2D eigenvalue weighted by Crippen LogP contribution is 2.21. The standard InChI is InChI=1S/C30H38N4O3.2C2H6.C2H2/c1-8-28(33-21(6)19(2)3)24-11-9-23(10-12-24)15-27(18-32-22(7)35)34-30(36)25-13-14-29(37-20(4)5)26(16-25)17-31;3*1-2/h8-14,16,19-20,27H,15,18H2,1-7H3,(H,32,35)(H,34,36);2*1-2H3;1-2H/b28-8-,33-21?;;;/t27-;;;/m0.../s1. The Balaban J connectivity index is 0. The van der Waals surface area contributed by atoms with Crippen LogP contribution in [-0.4, -0.2) is 36.2 Å². The maximum atomic E-state index is 13.0. The molecule has 0 unspecified atom stereocenters. The van der Waals surface area contributed by atoms with Crippen LogP contribution in [0.3, 0.4) is 0 Å². The van der Waals surface area contributed by atoms with Crippen LogP contribution in [0.25, 0.3) is 5.70 Å². The van der Waals surface area contributed by atoms with Crippen molar-refractivity contribution in [3.05, 3.63) is 70.8 Å². The first-order valence-corrected chi connectivity index (χ1v) is 14.9. The Kier molecular flexibility index (Phi) is 22.0. The number of terminal acetylenes is 1. The molecule has 43 heavy (non-hydrogen) atoms. The topological polar surface area (TPSA) is 104 Å². The van der Waals surface area contributed by atoms with E-state index in [9.17, 15) is 14.9 Å². The van der Waals surface area contributed by atoms with Crippen molar-refractivity contribution < 1.29 is 14.3 Å². The minimum absolute atomic E-state index is 0.0878. The Bertz CT molecular complexity index is 1230. The first kappa shape index (κ1) is 40.8. The fourth-order valence-electron chi connectivity index (χ4n) is 3.54. The summed E-state index contributed by atoms with van der Waals surface area (Å²) in [6, 6.07) is 14.6. The summed E-state index contributed by atoms with van der Waals surface area (Å²) in [5.74, 6) is 0.315. The largest absolute Gasteiger partial charge is 0.490 e. The van der Waals surface area contributed by atoms with Crippen molar-refractivity contribution in [1.82, 2.24) is 10.6 Å². The average molecular weight is 589 g/mol. The molecule has 1 atom stereocenters. The molecule has 2 amide bonds. The molecule has 0 aromatic heterocycles. The van der Waals surface area contributed by atoms with E-state index in [1.807, 2.05) is 85.7 Å². The van der Waals surface area contributed by atoms with E-state index in [0.29, 0.717) is 29.2 Å². The van der Waals surface area contributed by atoms with Crippen LogP contribution in [0.5, 0.6) is 5.75 Å². The second-order valence-corrected chi connectivity index (χ2v) is 9.58. The zero-order chi connectivity index (χ0) is 33.5. The minimum Gasteiger partial charge on any atom is -0.490 e. The van der Waals surface area contributed by atoms with Crippen LogP contribution in [0.15, 0.2) is 53.5 Å². The van der Waals surface area contributed by atoms with Gasteiger partial charge in [0.2, 0.25) is 5.91 Å². The van der Waals surface area contributed by atoms with Crippen LogP contribution in [-0.2, 0) is 11.2 Å². The van der Waals surface area contributed by atoms with Gasteiger partial charge < -0.3 is 15.4 Å². The lowest BCUT2D eigenvalue weighted by atomic mass is 10.0. The number of nitrogens with one attached hydrogen (secondary N) is 2. The Labute approximate surface area is 260 Å². The second-order valence-electron chi connectivity index (χ2n) is 9.58. The van der Waals surface area contributed by atoms with Gasteiger partial charge in [0.15, 0.2) is 0 Å². The molecule has 0 saturated carbocycles. The fourth-order valence-corrected chi connectivity index (χ4v) is 3.54. The van der Waals surface area contributed by atoms with Crippen molar-refractivity contribution in [3.8, 4) is 24.7 Å². The predicted molar refractivity (Wildman–Crippen MR) is 181 cm³/mol. The van der Waals surface area contributed by atoms with Gasteiger partial charge in [-0.25, -0.2) is 0 Å². The van der Waals surface area contributed by atoms with Crippen molar-refractivity contribution in [2.24, 2.45) is 10.9 Å². The molecule has 0 aliphatic carbocycles. The number of allylic oxidation sites excluding steroid dienone is 1. The lowest BCUT2D eigenvalue weighted by molar-refractivity contribution is -0.119. The summed E-state index contributed by atoms with van der Waals surface area (Å²) in [7, 11) is 0. The predicted octanol–water partition coefficient (Wildman–Crippen LogP) is 7.60. The van der Waals surface area contributed by atoms with E-state index >= 15 is 0 Å². The van der Waals surface area contributed by atoms with Gasteiger partial charge in [-0.05, 0) is 69.4 Å². The zero-order valence-corrected chi connectivity index (χ0v) is 28.0. The molecule has 7 heteroatoms. The maximum absolute atomic E-state index is 13.0. The SMILES string of the molecule is C#C.C/C=C(\N=C(C)C(C)C)c1ccc(C[C@@H](CNC(C)=O)NC(=O)c2ccc(OC(C)C)c(C#N)c2)cc1.CC.CC. The van der Waals surface area contributed by atoms with E-state index in [1.54, 1.807) is 12.1 Å². The van der Waals surface area contributed by atoms with Crippen molar-refractivity contribution in [1.29, 1.82) is 5.26 Å². The third-order valence-corrected chi connectivity index (χ3v) is 5.80. The highest BCUT2D eigenvalue weighted by atomic mass is 16.5. The molecule has 0 heterocycles. The zero-order valence-electron chi connectivity index (χ0n) is 28.0. The molecule has 0 bridgehead atoms. The highest BCUT2D eigenvalue weighted by molar-refractivity contribution is 5.95. The van der Waals surface area contributed by atoms with Gasteiger partial charge in [-0.15, -0.1) is 12.8 Å². The van der Waals surface area contributed by atoms with Gasteiger partial charge in [-0.3, -0.25) is 14.6 Å². The van der Waals surface area contributed by atoms with Gasteiger partial charge in [-0.1, -0.05) is 71.9 Å². The number of nitriles is 1. The molecule has 0 spiro atoms. The van der Waals surface area contributed by atoms with E-state index in [2.05, 4.69) is 43.4 Å². The Morgan fingerprint density at radius 3 is 2.00 bits per heavy atom. The minimum atomic E-state index is -0.346. The Hall–Kier alpha value is -4.36. The Morgan fingerprint density at radius 1 is 0.977 bits per heavy atom. The average Bonchev–Trinajstić information content (AvgIpc) is 3.01. The first-order valence-electron chi connectivity index (χ1n) is 14.9. The van der Waals surface area contributed by atoms with Crippen molar-refractivity contribution in [3.63, 3.8) is 0 Å². The van der Waals surface area contributed by atoms with E-state index in [0.717, 1.165) is 22.5 Å². The molecule has 2 aromatic carbocycles. The van der Waals surface area contributed by atoms with Crippen LogP contribution in [0.2, 0.25) is 0 Å². The molecule has 0 fully saturated rings. The fraction of sp³-hybridized carbons (Fsp3) is 0.444. The number of nitrogens with zero attached hydrogens (tertiary/aromatic N) is 2. The lowest BCUT2D eigenvalue weighted by Gasteiger charge is -2.20. The number of benzene rings is 2. The summed E-state index contributed by atoms with van der Waals surface area (Å²) >= 11 is 0. The molecule has 0 aliphatic rings. The maximum Gasteiger partial charge on any atom is 0.251 e. The quantitative estimate of drug-likeness (QED) is 0.208. The highest BCUT2D eigenvalue weighted by Gasteiger charge is 2.17. The van der Waals surface area contributed by atoms with Crippen LogP contribution < -0.4 is 15.4 Å². The third-order valence-electron chi connectivity index (χ3n) is 5.80. The molecule has 7 nitrogen and oxygen atoms in total. The van der Waals surface area contributed by atoms with Crippen molar-refractivity contribution in [2.75, 3.05) is 6.54 Å². The summed E-state index contributed by atoms with van der Waals surface area (Å²) in [6.45, 7) is 21.7. The van der Waals surface area contributed by atoms with Gasteiger partial charge >= 0.3 is 0 Å². The molecule has 0 radical (unpaired) electrons. The van der Waals surface area contributed by atoms with Gasteiger partial charge in [0.25, 0.3) is 5.91 Å². The smallest absolute Gasteiger partial charge is 0.251 e. The van der Waals surface area contributed by atoms with Crippen molar-refractivity contribution >= 4 is 23.2 Å². The molecule has 0 aliphatic heterocycles. The van der Waals surface area contributed by atoms with E-state index in [-0.39, 0.29) is 30.5 Å². The van der Waals surface area contributed by atoms with Gasteiger partial charge in [-0.2, -0.15) is 5.26 Å². The molecule has 234 valence electrons. The molecule has 2 rings (SSSR count). The van der Waals surface area contributed by atoms with E-state index in [4.69, 9.17) is 9.73 Å². The molecular weight excluding hydrogens is 536 g/mol. The number of hydrogen-bond acceptors (Lipinski definition) is 5. The van der Waals surface area contributed by atoms with Crippen LogP contribution >= 0.6 is 0 Å². The van der Waals surface area contributed by atoms with E-state index in [1.165, 1.54) is 13.0 Å². The number of ether oxygens (including phenoxy) is 1. The van der Waals surface area contributed by atoms with E-state index < -0.39 is 0 Å². The summed E-state index contributed by atoms with van der Waals surface area (Å²) in [5, 5.41) is 15.3. The number of carbonyl (C=O) groups is 2. The number of aliphatic imine (C=N–C) groups is 1. The molecule has 2 aromatic rings. The summed E-state index contributed by atoms with van der Waals surface area (Å²) < 4.78 is 5.65. The van der Waals surface area contributed by atoms with Gasteiger partial charge in [0.1, 0.15) is 11.8 Å². The van der Waals surface area contributed by atoms with Gasteiger partial charge in [0.05, 0.1) is 23.4 Å². The monoisotopic (exact) mass is 588 g/mol. The number of hydrogen-bond donors (Lipinski definition) is 2. The van der Waals surface area contributed by atoms with Crippen LogP contribution in [0.1, 0.15) is 103 Å². The molecular formula is C36H52N4O3. The third kappa shape index (κ3) is 15.4. The van der Waals surface area contributed by atoms with Crippen LogP contribution in [0.4, 0.5) is 0 Å². The summed E-state index contributed by atoms with van der Waals surface area (Å²) in [6.07, 6.45) is 10.4. The normalized spacial score (nSPS) is 11.3. The number of amides is 2. The lowest BCUT2D eigenvalue weighted by Crippen LogP contribution is -2.44. The number of carbonyl (C=O) groups excluding carboxylic acids is 2. The van der Waals surface area contributed by atoms with Gasteiger partial charge in [0, 0.05) is 24.7 Å². The second kappa shape index (κ2) is 23.2. The molecule has 2 N–H and O–H groups in total. The first-order chi connectivity index (χ1) is 20.5. The van der Waals surface area contributed by atoms with Crippen LogP contribution in [0, 0.1) is 30.1 Å². The number of rotatable bonds is 11. The summed E-state index contributed by atoms with van der Waals surface area (Å²) in [4.78, 5) is 29.4. The Morgan fingerprint density at radius 2 is 1.53 bits per heavy atom.